The molecular weight excluding hydrogens is 370 g/mol. The highest BCUT2D eigenvalue weighted by Gasteiger charge is 2.39. The number of allylic oxidation sites excluding steroid dienone is 4. The second-order valence-electron chi connectivity index (χ2n) is 4.80. The van der Waals surface area contributed by atoms with Gasteiger partial charge in [-0.05, 0) is 46.1 Å². The number of halogens is 5. The summed E-state index contributed by atoms with van der Waals surface area (Å²) in [4.78, 5) is 0.890. The summed E-state index contributed by atoms with van der Waals surface area (Å²) < 4.78 is 52.6. The molecule has 0 radical (unpaired) electrons. The van der Waals surface area contributed by atoms with Gasteiger partial charge in [-0.2, -0.15) is 13.2 Å². The number of benzene rings is 1. The molecule has 0 aliphatic carbocycles. The molecule has 1 atom stereocenters. The molecule has 112 valence electrons. The Bertz CT molecular complexity index is 651. The zero-order chi connectivity index (χ0) is 15.2. The number of hydrogen-bond donors (Lipinski definition) is 1. The van der Waals surface area contributed by atoms with Crippen LogP contribution >= 0.6 is 27.7 Å². The zero-order valence-corrected chi connectivity index (χ0v) is 13.0. The lowest BCUT2D eigenvalue weighted by molar-refractivity contribution is -0.0964. The van der Waals surface area contributed by atoms with E-state index >= 15 is 0 Å². The summed E-state index contributed by atoms with van der Waals surface area (Å²) in [7, 11) is 0. The van der Waals surface area contributed by atoms with E-state index in [2.05, 4.69) is 21.2 Å². The van der Waals surface area contributed by atoms with Crippen LogP contribution in [0.1, 0.15) is 17.9 Å². The quantitative estimate of drug-likeness (QED) is 0.683. The van der Waals surface area contributed by atoms with Crippen LogP contribution in [-0.4, -0.2) is 11.9 Å². The number of dihydropyridines is 1. The predicted octanol–water partition coefficient (Wildman–Crippen LogP) is 5.07. The van der Waals surface area contributed by atoms with Crippen LogP contribution in [0, 0.1) is 5.82 Å². The highest BCUT2D eigenvalue weighted by atomic mass is 79.9. The van der Waals surface area contributed by atoms with Gasteiger partial charge in [-0.25, -0.2) is 4.39 Å². The fourth-order valence-corrected chi connectivity index (χ4v) is 4.07. The first-order chi connectivity index (χ1) is 9.86. The second-order valence-corrected chi connectivity index (χ2v) is 6.79. The summed E-state index contributed by atoms with van der Waals surface area (Å²) in [5.41, 5.74) is 0.530. The van der Waals surface area contributed by atoms with Crippen molar-refractivity contribution in [2.24, 2.45) is 0 Å². The maximum atomic E-state index is 13.3. The largest absolute Gasteiger partial charge is 0.430 e. The Hall–Kier alpha value is -0.950. The summed E-state index contributed by atoms with van der Waals surface area (Å²) in [6.45, 7) is 0. The number of thioether (sulfide) groups is 1. The number of rotatable bonds is 1. The minimum atomic E-state index is -4.42. The fourth-order valence-electron chi connectivity index (χ4n) is 2.44. The molecular formula is C14H10BrF4NS. The summed E-state index contributed by atoms with van der Waals surface area (Å²) in [6, 6.07) is 4.34. The van der Waals surface area contributed by atoms with E-state index in [1.54, 1.807) is 17.8 Å². The first-order valence-corrected chi connectivity index (χ1v) is 8.01. The van der Waals surface area contributed by atoms with Crippen molar-refractivity contribution in [2.45, 2.75) is 18.5 Å². The lowest BCUT2D eigenvalue weighted by atomic mass is 9.93. The minimum absolute atomic E-state index is 0.255. The Morgan fingerprint density at radius 1 is 1.29 bits per heavy atom. The molecule has 0 aromatic heterocycles. The van der Waals surface area contributed by atoms with Gasteiger partial charge < -0.3 is 5.32 Å². The van der Waals surface area contributed by atoms with E-state index in [-0.39, 0.29) is 4.47 Å². The minimum Gasteiger partial charge on any atom is -0.354 e. The molecule has 1 nitrogen and oxygen atoms in total. The topological polar surface area (TPSA) is 12.0 Å². The molecule has 0 amide bonds. The van der Waals surface area contributed by atoms with Gasteiger partial charge in [-0.3, -0.25) is 0 Å². The zero-order valence-electron chi connectivity index (χ0n) is 10.6. The maximum Gasteiger partial charge on any atom is 0.430 e. The van der Waals surface area contributed by atoms with E-state index in [0.717, 1.165) is 10.7 Å². The molecule has 0 fully saturated rings. The van der Waals surface area contributed by atoms with Crippen LogP contribution < -0.4 is 5.32 Å². The highest BCUT2D eigenvalue weighted by molar-refractivity contribution is 9.10. The van der Waals surface area contributed by atoms with Crippen LogP contribution in [0.5, 0.6) is 0 Å². The number of alkyl halides is 3. The van der Waals surface area contributed by atoms with Crippen LogP contribution in [0.25, 0.3) is 0 Å². The molecule has 21 heavy (non-hydrogen) atoms. The smallest absolute Gasteiger partial charge is 0.354 e. The van der Waals surface area contributed by atoms with Gasteiger partial charge in [0.15, 0.2) is 0 Å². The van der Waals surface area contributed by atoms with Crippen molar-refractivity contribution in [1.29, 1.82) is 0 Å². The molecule has 2 heterocycles. The van der Waals surface area contributed by atoms with Gasteiger partial charge in [0.05, 0.1) is 4.47 Å². The van der Waals surface area contributed by atoms with Crippen LogP contribution in [0.3, 0.4) is 0 Å². The van der Waals surface area contributed by atoms with E-state index < -0.39 is 23.6 Å². The van der Waals surface area contributed by atoms with Crippen molar-refractivity contribution in [3.63, 3.8) is 0 Å². The Morgan fingerprint density at radius 2 is 2.05 bits per heavy atom. The molecule has 0 bridgehead atoms. The summed E-state index contributed by atoms with van der Waals surface area (Å²) in [5, 5.41) is 2.49. The Morgan fingerprint density at radius 3 is 2.71 bits per heavy atom. The van der Waals surface area contributed by atoms with Gasteiger partial charge in [-0.1, -0.05) is 6.07 Å². The third-order valence-corrected chi connectivity index (χ3v) is 5.24. The first-order valence-electron chi connectivity index (χ1n) is 6.23. The molecule has 1 aromatic rings. The molecule has 0 spiro atoms. The summed E-state index contributed by atoms with van der Waals surface area (Å²) >= 11 is 4.63. The number of hydrogen-bond acceptors (Lipinski definition) is 2. The van der Waals surface area contributed by atoms with Crippen molar-refractivity contribution in [3.05, 3.63) is 56.4 Å². The Labute approximate surface area is 131 Å². The molecule has 0 saturated carbocycles. The van der Waals surface area contributed by atoms with Crippen LogP contribution in [-0.2, 0) is 0 Å². The van der Waals surface area contributed by atoms with E-state index in [4.69, 9.17) is 0 Å². The van der Waals surface area contributed by atoms with Gasteiger partial charge in [0.2, 0.25) is 0 Å². The van der Waals surface area contributed by atoms with Gasteiger partial charge in [-0.15, -0.1) is 11.8 Å². The van der Waals surface area contributed by atoms with Crippen LogP contribution in [0.15, 0.2) is 45.0 Å². The Kier molecular flexibility index (Phi) is 3.81. The normalized spacial score (nSPS) is 22.0. The lowest BCUT2D eigenvalue weighted by Gasteiger charge is -2.26. The van der Waals surface area contributed by atoms with E-state index in [1.165, 1.54) is 18.2 Å². The monoisotopic (exact) mass is 379 g/mol. The molecule has 3 rings (SSSR count). The predicted molar refractivity (Wildman–Crippen MR) is 78.2 cm³/mol. The maximum absolute atomic E-state index is 13.3. The molecule has 1 aromatic carbocycles. The average Bonchev–Trinajstić information content (AvgIpc) is 2.88. The first kappa shape index (κ1) is 15.0. The Balaban J connectivity index is 2.05. The average molecular weight is 380 g/mol. The number of nitrogens with one attached hydrogen (secondary N) is 1. The highest BCUT2D eigenvalue weighted by Crippen LogP contribution is 2.46. The van der Waals surface area contributed by atoms with Crippen LogP contribution in [0.2, 0.25) is 0 Å². The standard InChI is InChI=1S/C14H10BrF4NS/c15-9-5-7(1-2-10(9)16)8-6-12(14(17,18)19)20-11-3-4-21-13(8)11/h1-2,5-6,8,20H,3-4H2. The van der Waals surface area contributed by atoms with Gasteiger partial charge >= 0.3 is 6.18 Å². The lowest BCUT2D eigenvalue weighted by Crippen LogP contribution is -2.29. The second kappa shape index (κ2) is 5.35. The summed E-state index contributed by atoms with van der Waals surface area (Å²) in [6.07, 6.45) is -2.65. The molecule has 2 aliphatic rings. The van der Waals surface area contributed by atoms with E-state index in [0.29, 0.717) is 17.7 Å². The van der Waals surface area contributed by atoms with E-state index in [1.807, 2.05) is 0 Å². The van der Waals surface area contributed by atoms with Gasteiger partial charge in [0.25, 0.3) is 0 Å². The SMILES string of the molecule is Fc1ccc(C2C=C(C(F)(F)F)NC3=C2SCC3)cc1Br. The van der Waals surface area contributed by atoms with Crippen molar-refractivity contribution >= 4 is 27.7 Å². The molecule has 0 saturated heterocycles. The van der Waals surface area contributed by atoms with Gasteiger partial charge in [0, 0.05) is 22.3 Å². The summed E-state index contributed by atoms with van der Waals surface area (Å²) in [5.74, 6) is -0.154. The molecule has 2 aliphatic heterocycles. The van der Waals surface area contributed by atoms with Crippen molar-refractivity contribution in [2.75, 3.05) is 5.75 Å². The molecule has 7 heteroatoms. The fraction of sp³-hybridized carbons (Fsp3) is 0.286. The van der Waals surface area contributed by atoms with E-state index in [9.17, 15) is 17.6 Å². The van der Waals surface area contributed by atoms with Crippen molar-refractivity contribution < 1.29 is 17.6 Å². The molecule has 1 unspecified atom stereocenters. The van der Waals surface area contributed by atoms with Crippen molar-refractivity contribution in [3.8, 4) is 0 Å². The third kappa shape index (κ3) is 2.85. The third-order valence-electron chi connectivity index (χ3n) is 3.42. The van der Waals surface area contributed by atoms with Crippen molar-refractivity contribution in [1.82, 2.24) is 5.32 Å². The van der Waals surface area contributed by atoms with Gasteiger partial charge in [0.1, 0.15) is 11.5 Å². The van der Waals surface area contributed by atoms with Crippen LogP contribution in [0.4, 0.5) is 17.6 Å². The molecule has 1 N–H and O–H groups in total.